The molecule has 0 heterocycles. The van der Waals surface area contributed by atoms with Gasteiger partial charge in [0.25, 0.3) is 15.9 Å². The van der Waals surface area contributed by atoms with Gasteiger partial charge in [-0.1, -0.05) is 53.6 Å². The number of aryl methyl sites for hydroxylation is 1. The first-order valence-corrected chi connectivity index (χ1v) is 14.7. The Kier molecular flexibility index (Phi) is 10.00. The molecule has 212 valence electrons. The first-order valence-electron chi connectivity index (χ1n) is 12.9. The Morgan fingerprint density at radius 1 is 0.927 bits per heavy atom. The number of sulfonamides is 1. The fraction of sp³-hybridized carbons (Fsp3) is 0.161. The van der Waals surface area contributed by atoms with Crippen LogP contribution in [0.2, 0.25) is 5.02 Å². The van der Waals surface area contributed by atoms with Gasteiger partial charge in [0.05, 0.1) is 23.4 Å². The van der Waals surface area contributed by atoms with Crippen LogP contribution in [-0.2, 0) is 21.4 Å². The van der Waals surface area contributed by atoms with Crippen LogP contribution in [0.15, 0.2) is 107 Å². The maximum atomic E-state index is 13.6. The minimum Gasteiger partial charge on any atom is -0.492 e. The van der Waals surface area contributed by atoms with Gasteiger partial charge in [-0.3, -0.25) is 9.10 Å². The SMILES string of the molecule is CCOc1ccccc1N(CC(=O)N/N=C\c1ccc(OCc2ccc(C)cc2)cc1)S(=O)(=O)c1ccc(Cl)cc1. The molecule has 0 aliphatic heterocycles. The quantitative estimate of drug-likeness (QED) is 0.162. The van der Waals surface area contributed by atoms with E-state index in [1.807, 2.05) is 43.3 Å². The van der Waals surface area contributed by atoms with Crippen molar-refractivity contribution < 1.29 is 22.7 Å². The maximum Gasteiger partial charge on any atom is 0.264 e. The number of carbonyl (C=O) groups excluding carboxylic acids is 1. The molecule has 4 rings (SSSR count). The molecule has 8 nitrogen and oxygen atoms in total. The smallest absolute Gasteiger partial charge is 0.264 e. The summed E-state index contributed by atoms with van der Waals surface area (Å²) >= 11 is 5.96. The van der Waals surface area contributed by atoms with Gasteiger partial charge >= 0.3 is 0 Å². The summed E-state index contributed by atoms with van der Waals surface area (Å²) < 4.78 is 39.7. The second kappa shape index (κ2) is 13.8. The third-order valence-electron chi connectivity index (χ3n) is 5.93. The van der Waals surface area contributed by atoms with E-state index in [0.29, 0.717) is 29.7 Å². The molecule has 4 aromatic rings. The van der Waals surface area contributed by atoms with Crippen molar-refractivity contribution in [3.05, 3.63) is 119 Å². The van der Waals surface area contributed by atoms with Crippen molar-refractivity contribution in [1.82, 2.24) is 5.43 Å². The zero-order valence-electron chi connectivity index (χ0n) is 22.7. The van der Waals surface area contributed by atoms with E-state index in [2.05, 4.69) is 10.5 Å². The number of anilines is 1. The van der Waals surface area contributed by atoms with Crippen LogP contribution in [-0.4, -0.2) is 33.7 Å². The average Bonchev–Trinajstić information content (AvgIpc) is 2.97. The molecular weight excluding hydrogens is 562 g/mol. The summed E-state index contributed by atoms with van der Waals surface area (Å²) in [5.41, 5.74) is 5.62. The topological polar surface area (TPSA) is 97.3 Å². The van der Waals surface area contributed by atoms with Crippen LogP contribution < -0.4 is 19.2 Å². The minimum absolute atomic E-state index is 0.0193. The second-order valence-electron chi connectivity index (χ2n) is 9.00. The molecule has 0 saturated carbocycles. The highest BCUT2D eigenvalue weighted by atomic mass is 35.5. The lowest BCUT2D eigenvalue weighted by molar-refractivity contribution is -0.119. The van der Waals surface area contributed by atoms with Crippen molar-refractivity contribution in [3.63, 3.8) is 0 Å². The van der Waals surface area contributed by atoms with Crippen LogP contribution in [0.25, 0.3) is 0 Å². The summed E-state index contributed by atoms with van der Waals surface area (Å²) in [5.74, 6) is 0.388. The number of nitrogens with one attached hydrogen (secondary N) is 1. The van der Waals surface area contributed by atoms with Gasteiger partial charge in [-0.25, -0.2) is 13.8 Å². The zero-order chi connectivity index (χ0) is 29.2. The highest BCUT2D eigenvalue weighted by Gasteiger charge is 2.29. The summed E-state index contributed by atoms with van der Waals surface area (Å²) in [6.45, 7) is 4.06. The number of hydrogen-bond donors (Lipinski definition) is 1. The third kappa shape index (κ3) is 8.09. The van der Waals surface area contributed by atoms with Crippen molar-refractivity contribution in [1.29, 1.82) is 0 Å². The van der Waals surface area contributed by atoms with Gasteiger partial charge in [-0.2, -0.15) is 5.10 Å². The summed E-state index contributed by atoms with van der Waals surface area (Å²) in [6.07, 6.45) is 1.47. The number of nitrogens with zero attached hydrogens (tertiary/aromatic N) is 2. The van der Waals surface area contributed by atoms with E-state index in [-0.39, 0.29) is 10.6 Å². The molecule has 4 aromatic carbocycles. The van der Waals surface area contributed by atoms with Crippen LogP contribution in [0, 0.1) is 6.92 Å². The molecule has 0 bridgehead atoms. The lowest BCUT2D eigenvalue weighted by atomic mass is 10.2. The molecule has 1 amide bonds. The highest BCUT2D eigenvalue weighted by molar-refractivity contribution is 7.92. The Hall–Kier alpha value is -4.34. The number of amides is 1. The molecule has 0 radical (unpaired) electrons. The summed E-state index contributed by atoms with van der Waals surface area (Å²) in [5, 5.41) is 4.40. The Labute approximate surface area is 245 Å². The van der Waals surface area contributed by atoms with Gasteiger partial charge in [0.15, 0.2) is 0 Å². The van der Waals surface area contributed by atoms with Crippen molar-refractivity contribution in [2.75, 3.05) is 17.5 Å². The monoisotopic (exact) mass is 591 g/mol. The Bertz CT molecular complexity index is 1590. The number of para-hydroxylation sites is 2. The molecule has 0 unspecified atom stereocenters. The lowest BCUT2D eigenvalue weighted by Crippen LogP contribution is -2.39. The van der Waals surface area contributed by atoms with Gasteiger partial charge in [-0.15, -0.1) is 0 Å². The van der Waals surface area contributed by atoms with Crippen LogP contribution in [0.5, 0.6) is 11.5 Å². The fourth-order valence-electron chi connectivity index (χ4n) is 3.82. The van der Waals surface area contributed by atoms with Crippen LogP contribution in [0.3, 0.4) is 0 Å². The zero-order valence-corrected chi connectivity index (χ0v) is 24.2. The maximum absolute atomic E-state index is 13.6. The number of hydrazone groups is 1. The normalized spacial score (nSPS) is 11.3. The molecule has 1 N–H and O–H groups in total. The molecular formula is C31H30ClN3O5S. The highest BCUT2D eigenvalue weighted by Crippen LogP contribution is 2.32. The predicted molar refractivity (Wildman–Crippen MR) is 161 cm³/mol. The molecule has 0 aromatic heterocycles. The summed E-state index contributed by atoms with van der Waals surface area (Å²) in [7, 11) is -4.15. The molecule has 10 heteroatoms. The number of ether oxygens (including phenoxy) is 2. The van der Waals surface area contributed by atoms with E-state index in [4.69, 9.17) is 21.1 Å². The van der Waals surface area contributed by atoms with Crippen molar-refractivity contribution in [2.45, 2.75) is 25.3 Å². The average molecular weight is 592 g/mol. The first kappa shape index (κ1) is 29.6. The first-order chi connectivity index (χ1) is 19.8. The van der Waals surface area contributed by atoms with Gasteiger partial charge in [0.1, 0.15) is 24.7 Å². The number of halogens is 1. The van der Waals surface area contributed by atoms with Crippen molar-refractivity contribution in [3.8, 4) is 11.5 Å². The van der Waals surface area contributed by atoms with Crippen LogP contribution in [0.4, 0.5) is 5.69 Å². The number of carbonyl (C=O) groups is 1. The Morgan fingerprint density at radius 3 is 2.29 bits per heavy atom. The molecule has 0 saturated heterocycles. The number of hydrogen-bond acceptors (Lipinski definition) is 6. The molecule has 0 aliphatic carbocycles. The molecule has 0 atom stereocenters. The van der Waals surface area contributed by atoms with E-state index in [1.165, 1.54) is 36.0 Å². The van der Waals surface area contributed by atoms with E-state index in [1.54, 1.807) is 43.3 Å². The van der Waals surface area contributed by atoms with E-state index < -0.39 is 22.5 Å². The van der Waals surface area contributed by atoms with Crippen LogP contribution in [0.1, 0.15) is 23.6 Å². The molecule has 41 heavy (non-hydrogen) atoms. The number of rotatable bonds is 12. The number of benzene rings is 4. The third-order valence-corrected chi connectivity index (χ3v) is 7.96. The van der Waals surface area contributed by atoms with Gasteiger partial charge in [0.2, 0.25) is 0 Å². The molecule has 0 spiro atoms. The summed E-state index contributed by atoms with van der Waals surface area (Å²) in [6, 6.07) is 27.7. The largest absolute Gasteiger partial charge is 0.492 e. The van der Waals surface area contributed by atoms with Gasteiger partial charge in [0, 0.05) is 5.02 Å². The van der Waals surface area contributed by atoms with Crippen molar-refractivity contribution in [2.24, 2.45) is 5.10 Å². The van der Waals surface area contributed by atoms with E-state index in [0.717, 1.165) is 15.4 Å². The predicted octanol–water partition coefficient (Wildman–Crippen LogP) is 5.97. The lowest BCUT2D eigenvalue weighted by Gasteiger charge is -2.25. The second-order valence-corrected chi connectivity index (χ2v) is 11.3. The molecule has 0 fully saturated rings. The minimum atomic E-state index is -4.15. The Balaban J connectivity index is 1.44. The van der Waals surface area contributed by atoms with Crippen LogP contribution >= 0.6 is 11.6 Å². The summed E-state index contributed by atoms with van der Waals surface area (Å²) in [4.78, 5) is 12.9. The standard InChI is InChI=1S/C31H30ClN3O5S/c1-3-39-30-7-5-4-6-29(30)35(41(37,38)28-18-14-26(32)15-19-28)21-31(36)34-33-20-24-12-16-27(17-13-24)40-22-25-10-8-23(2)9-11-25/h4-20H,3,21-22H2,1-2H3,(H,34,36)/b33-20-. The molecule has 0 aliphatic rings. The van der Waals surface area contributed by atoms with Crippen molar-refractivity contribution >= 4 is 39.4 Å². The fourth-order valence-corrected chi connectivity index (χ4v) is 5.38. The van der Waals surface area contributed by atoms with Gasteiger partial charge < -0.3 is 9.47 Å². The van der Waals surface area contributed by atoms with E-state index in [9.17, 15) is 13.2 Å². The van der Waals surface area contributed by atoms with E-state index >= 15 is 0 Å². The Morgan fingerprint density at radius 2 is 1.61 bits per heavy atom. The van der Waals surface area contributed by atoms with Gasteiger partial charge in [-0.05, 0) is 85.6 Å².